The largest absolute Gasteiger partial charge is 0.481 e. The molecule has 2 unspecified atom stereocenters. The summed E-state index contributed by atoms with van der Waals surface area (Å²) in [4.78, 5) is 23.6. The molecular weight excluding hydrogens is 170 g/mol. The van der Waals surface area contributed by atoms with Crippen LogP contribution in [0.5, 0.6) is 0 Å². The van der Waals surface area contributed by atoms with Crippen LogP contribution in [0.2, 0.25) is 0 Å². The van der Waals surface area contributed by atoms with Gasteiger partial charge in [-0.1, -0.05) is 13.8 Å². The minimum absolute atomic E-state index is 0.114. The van der Waals surface area contributed by atoms with Gasteiger partial charge in [-0.2, -0.15) is 0 Å². The Morgan fingerprint density at radius 2 is 1.77 bits per heavy atom. The molecule has 1 N–H and O–H groups in total. The molecule has 0 spiro atoms. The fraction of sp³-hybridized carbons (Fsp3) is 0.778. The van der Waals surface area contributed by atoms with Crippen LogP contribution in [-0.4, -0.2) is 35.5 Å². The Balaban J connectivity index is 4.33. The van der Waals surface area contributed by atoms with Gasteiger partial charge < -0.3 is 10.0 Å². The van der Waals surface area contributed by atoms with Crippen molar-refractivity contribution in [2.75, 3.05) is 13.6 Å². The average molecular weight is 187 g/mol. The first-order valence-corrected chi connectivity index (χ1v) is 4.39. The highest BCUT2D eigenvalue weighted by Gasteiger charge is 2.27. The van der Waals surface area contributed by atoms with E-state index in [0.717, 1.165) is 0 Å². The summed E-state index contributed by atoms with van der Waals surface area (Å²) in [6, 6.07) is 0. The van der Waals surface area contributed by atoms with E-state index in [9.17, 15) is 9.59 Å². The smallest absolute Gasteiger partial charge is 0.307 e. The van der Waals surface area contributed by atoms with E-state index in [4.69, 9.17) is 5.11 Å². The van der Waals surface area contributed by atoms with E-state index in [1.165, 1.54) is 4.90 Å². The zero-order valence-corrected chi connectivity index (χ0v) is 8.57. The van der Waals surface area contributed by atoms with Crippen LogP contribution in [0.15, 0.2) is 0 Å². The van der Waals surface area contributed by atoms with Gasteiger partial charge in [-0.25, -0.2) is 0 Å². The Hall–Kier alpha value is -1.06. The number of rotatable bonds is 4. The Labute approximate surface area is 78.5 Å². The maximum absolute atomic E-state index is 11.5. The standard InChI is InChI=1S/C9H17NO3/c1-5-10(4)8(11)6(2)7(3)9(12)13/h6-7H,5H2,1-4H3,(H,12,13). The van der Waals surface area contributed by atoms with Crippen LogP contribution >= 0.6 is 0 Å². The molecule has 0 bridgehead atoms. The number of aliphatic carboxylic acids is 1. The Bertz CT molecular complexity index is 203. The van der Waals surface area contributed by atoms with E-state index in [0.29, 0.717) is 6.54 Å². The molecule has 0 aromatic heterocycles. The van der Waals surface area contributed by atoms with Crippen LogP contribution in [0.4, 0.5) is 0 Å². The molecule has 2 atom stereocenters. The molecule has 0 saturated carbocycles. The lowest BCUT2D eigenvalue weighted by Crippen LogP contribution is -2.36. The summed E-state index contributed by atoms with van der Waals surface area (Å²) >= 11 is 0. The number of hydrogen-bond acceptors (Lipinski definition) is 2. The maximum Gasteiger partial charge on any atom is 0.307 e. The van der Waals surface area contributed by atoms with Gasteiger partial charge in [0.2, 0.25) is 5.91 Å². The van der Waals surface area contributed by atoms with E-state index in [1.807, 2.05) is 6.92 Å². The van der Waals surface area contributed by atoms with Crippen LogP contribution in [0, 0.1) is 11.8 Å². The second-order valence-corrected chi connectivity index (χ2v) is 3.27. The van der Waals surface area contributed by atoms with Crippen molar-refractivity contribution >= 4 is 11.9 Å². The second kappa shape index (κ2) is 4.84. The molecule has 0 rings (SSSR count). The molecule has 0 radical (unpaired) electrons. The number of carboxylic acid groups (broad SMARTS) is 1. The molecule has 76 valence electrons. The van der Waals surface area contributed by atoms with Crippen molar-refractivity contribution in [2.45, 2.75) is 20.8 Å². The zero-order valence-electron chi connectivity index (χ0n) is 8.57. The van der Waals surface area contributed by atoms with Crippen molar-refractivity contribution < 1.29 is 14.7 Å². The molecule has 13 heavy (non-hydrogen) atoms. The fourth-order valence-corrected chi connectivity index (χ4v) is 0.931. The Kier molecular flexibility index (Phi) is 4.45. The van der Waals surface area contributed by atoms with Crippen LogP contribution in [0.1, 0.15) is 20.8 Å². The van der Waals surface area contributed by atoms with Crippen LogP contribution < -0.4 is 0 Å². The van der Waals surface area contributed by atoms with Gasteiger partial charge in [-0.3, -0.25) is 9.59 Å². The minimum atomic E-state index is -0.926. The van der Waals surface area contributed by atoms with Crippen molar-refractivity contribution in [3.63, 3.8) is 0 Å². The lowest BCUT2D eigenvalue weighted by atomic mass is 9.95. The number of carboxylic acids is 1. The molecule has 0 aliphatic heterocycles. The first kappa shape index (κ1) is 11.9. The van der Waals surface area contributed by atoms with Crippen LogP contribution in [-0.2, 0) is 9.59 Å². The molecule has 0 heterocycles. The first-order valence-electron chi connectivity index (χ1n) is 4.39. The normalized spacial score (nSPS) is 14.8. The number of hydrogen-bond donors (Lipinski definition) is 1. The molecular formula is C9H17NO3. The molecule has 0 aromatic carbocycles. The van der Waals surface area contributed by atoms with Gasteiger partial charge >= 0.3 is 5.97 Å². The molecule has 0 aromatic rings. The topological polar surface area (TPSA) is 57.6 Å². The van der Waals surface area contributed by atoms with E-state index in [1.54, 1.807) is 20.9 Å². The first-order chi connectivity index (χ1) is 5.91. The maximum atomic E-state index is 11.5. The van der Waals surface area contributed by atoms with E-state index in [-0.39, 0.29) is 5.91 Å². The third kappa shape index (κ3) is 3.05. The summed E-state index contributed by atoms with van der Waals surface area (Å²) in [5, 5.41) is 8.69. The van der Waals surface area contributed by atoms with Gasteiger partial charge in [0.25, 0.3) is 0 Å². The van der Waals surface area contributed by atoms with Crippen molar-refractivity contribution in [3.8, 4) is 0 Å². The van der Waals surface area contributed by atoms with Crippen LogP contribution in [0.3, 0.4) is 0 Å². The van der Waals surface area contributed by atoms with Crippen LogP contribution in [0.25, 0.3) is 0 Å². The van der Waals surface area contributed by atoms with Crippen molar-refractivity contribution in [1.29, 1.82) is 0 Å². The van der Waals surface area contributed by atoms with Crippen molar-refractivity contribution in [1.82, 2.24) is 4.90 Å². The van der Waals surface area contributed by atoms with Gasteiger partial charge in [0, 0.05) is 19.5 Å². The monoisotopic (exact) mass is 187 g/mol. The van der Waals surface area contributed by atoms with Gasteiger partial charge in [0.05, 0.1) is 5.92 Å². The number of nitrogens with zero attached hydrogens (tertiary/aromatic N) is 1. The molecule has 0 aliphatic rings. The number of amides is 1. The zero-order chi connectivity index (χ0) is 10.6. The molecule has 4 nitrogen and oxygen atoms in total. The van der Waals surface area contributed by atoms with E-state index < -0.39 is 17.8 Å². The second-order valence-electron chi connectivity index (χ2n) is 3.27. The lowest BCUT2D eigenvalue weighted by molar-refractivity contribution is -0.148. The Morgan fingerprint density at radius 3 is 2.08 bits per heavy atom. The third-order valence-electron chi connectivity index (χ3n) is 2.38. The highest BCUT2D eigenvalue weighted by Crippen LogP contribution is 2.13. The van der Waals surface area contributed by atoms with Crippen molar-refractivity contribution in [3.05, 3.63) is 0 Å². The predicted molar refractivity (Wildman–Crippen MR) is 49.3 cm³/mol. The number of carbonyl (C=O) groups is 2. The average Bonchev–Trinajstić information content (AvgIpc) is 2.12. The van der Waals surface area contributed by atoms with E-state index in [2.05, 4.69) is 0 Å². The van der Waals surface area contributed by atoms with Gasteiger partial charge in [0.1, 0.15) is 0 Å². The van der Waals surface area contributed by atoms with Gasteiger partial charge in [-0.05, 0) is 6.92 Å². The quantitative estimate of drug-likeness (QED) is 0.709. The predicted octanol–water partition coefficient (Wildman–Crippen LogP) is 0.821. The summed E-state index contributed by atoms with van der Waals surface area (Å²) in [6.45, 7) is 5.66. The molecule has 0 aliphatic carbocycles. The highest BCUT2D eigenvalue weighted by molar-refractivity contribution is 5.84. The summed E-state index contributed by atoms with van der Waals surface area (Å²) in [5.74, 6) is -2.12. The molecule has 0 fully saturated rings. The summed E-state index contributed by atoms with van der Waals surface area (Å²) in [5.41, 5.74) is 0. The third-order valence-corrected chi connectivity index (χ3v) is 2.38. The molecule has 0 saturated heterocycles. The lowest BCUT2D eigenvalue weighted by Gasteiger charge is -2.21. The minimum Gasteiger partial charge on any atom is -0.481 e. The van der Waals surface area contributed by atoms with Gasteiger partial charge in [0.15, 0.2) is 0 Å². The SMILES string of the molecule is CCN(C)C(=O)C(C)C(C)C(=O)O. The van der Waals surface area contributed by atoms with E-state index >= 15 is 0 Å². The summed E-state index contributed by atoms with van der Waals surface area (Å²) in [7, 11) is 1.67. The Morgan fingerprint density at radius 1 is 1.31 bits per heavy atom. The summed E-state index contributed by atoms with van der Waals surface area (Å²) < 4.78 is 0. The molecule has 4 heteroatoms. The van der Waals surface area contributed by atoms with Crippen molar-refractivity contribution in [2.24, 2.45) is 11.8 Å². The summed E-state index contributed by atoms with van der Waals surface area (Å²) in [6.07, 6.45) is 0. The number of carbonyl (C=O) groups excluding carboxylic acids is 1. The highest BCUT2D eigenvalue weighted by atomic mass is 16.4. The van der Waals surface area contributed by atoms with Gasteiger partial charge in [-0.15, -0.1) is 0 Å². The fourth-order valence-electron chi connectivity index (χ4n) is 0.931. The molecule has 1 amide bonds.